The number of pyridine rings is 1. The Labute approximate surface area is 167 Å². The third-order valence-electron chi connectivity index (χ3n) is 4.50. The quantitative estimate of drug-likeness (QED) is 0.448. The fourth-order valence-electron chi connectivity index (χ4n) is 3.06. The number of nitrogens with zero attached hydrogens (tertiary/aromatic N) is 2. The maximum absolute atomic E-state index is 12.8. The summed E-state index contributed by atoms with van der Waals surface area (Å²) >= 11 is 0. The molecule has 0 radical (unpaired) electrons. The van der Waals surface area contributed by atoms with Gasteiger partial charge >= 0.3 is 0 Å². The van der Waals surface area contributed by atoms with Crippen molar-refractivity contribution in [1.29, 1.82) is 0 Å². The van der Waals surface area contributed by atoms with Crippen molar-refractivity contribution in [3.63, 3.8) is 0 Å². The Bertz CT molecular complexity index is 1090. The van der Waals surface area contributed by atoms with Gasteiger partial charge in [0, 0.05) is 6.54 Å². The standard InChI is InChI=1S/C22H21N3O4/c1-15-20-17(14-18(19-10-7-13-28-19)24-22(20)29-25-15)21(26)23-11-5-6-12-27-16-8-3-2-4-9-16/h2-4,7-10,13-14H,5-6,11-12H2,1H3,(H,23,26). The van der Waals surface area contributed by atoms with Crippen LogP contribution in [-0.2, 0) is 0 Å². The second-order valence-corrected chi connectivity index (χ2v) is 6.61. The maximum Gasteiger partial charge on any atom is 0.259 e. The number of amides is 1. The van der Waals surface area contributed by atoms with Gasteiger partial charge in [0.25, 0.3) is 11.6 Å². The van der Waals surface area contributed by atoms with E-state index >= 15 is 0 Å². The van der Waals surface area contributed by atoms with Crippen LogP contribution in [0, 0.1) is 6.92 Å². The number of hydrogen-bond acceptors (Lipinski definition) is 6. The lowest BCUT2D eigenvalue weighted by Crippen LogP contribution is -2.25. The van der Waals surface area contributed by atoms with Gasteiger partial charge in [-0.15, -0.1) is 0 Å². The number of unbranched alkanes of at least 4 members (excludes halogenated alkanes) is 1. The van der Waals surface area contributed by atoms with Gasteiger partial charge in [0.15, 0.2) is 5.76 Å². The highest BCUT2D eigenvalue weighted by Crippen LogP contribution is 2.27. The number of carbonyl (C=O) groups excluding carboxylic acids is 1. The summed E-state index contributed by atoms with van der Waals surface area (Å²) in [6.07, 6.45) is 3.20. The molecule has 29 heavy (non-hydrogen) atoms. The molecule has 0 saturated carbocycles. The molecule has 0 aliphatic heterocycles. The van der Waals surface area contributed by atoms with Gasteiger partial charge in [-0.2, -0.15) is 0 Å². The molecule has 0 unspecified atom stereocenters. The number of fused-ring (bicyclic) bond motifs is 1. The van der Waals surface area contributed by atoms with Crippen LogP contribution >= 0.6 is 0 Å². The van der Waals surface area contributed by atoms with Crippen molar-refractivity contribution in [1.82, 2.24) is 15.5 Å². The molecule has 3 heterocycles. The molecule has 0 spiro atoms. The first-order valence-corrected chi connectivity index (χ1v) is 9.49. The predicted molar refractivity (Wildman–Crippen MR) is 108 cm³/mol. The van der Waals surface area contributed by atoms with E-state index in [-0.39, 0.29) is 5.91 Å². The number of hydrogen-bond donors (Lipinski definition) is 1. The number of carbonyl (C=O) groups is 1. The zero-order chi connectivity index (χ0) is 20.1. The Morgan fingerprint density at radius 1 is 1.14 bits per heavy atom. The highest BCUT2D eigenvalue weighted by Gasteiger charge is 2.19. The van der Waals surface area contributed by atoms with E-state index in [1.54, 1.807) is 31.4 Å². The smallest absolute Gasteiger partial charge is 0.259 e. The van der Waals surface area contributed by atoms with Crippen LogP contribution in [0.3, 0.4) is 0 Å². The molecule has 1 aromatic carbocycles. The Hall–Kier alpha value is -3.61. The molecule has 3 aromatic heterocycles. The van der Waals surface area contributed by atoms with Gasteiger partial charge < -0.3 is 19.0 Å². The van der Waals surface area contributed by atoms with Crippen molar-refractivity contribution >= 4 is 17.0 Å². The van der Waals surface area contributed by atoms with Gasteiger partial charge in [-0.3, -0.25) is 4.79 Å². The first-order chi connectivity index (χ1) is 14.2. The van der Waals surface area contributed by atoms with E-state index in [1.807, 2.05) is 30.3 Å². The monoisotopic (exact) mass is 391 g/mol. The Balaban J connectivity index is 1.38. The van der Waals surface area contributed by atoms with E-state index < -0.39 is 0 Å². The van der Waals surface area contributed by atoms with Crippen LogP contribution in [0.15, 0.2) is 63.7 Å². The largest absolute Gasteiger partial charge is 0.494 e. The van der Waals surface area contributed by atoms with Crippen molar-refractivity contribution in [2.45, 2.75) is 19.8 Å². The van der Waals surface area contributed by atoms with Crippen molar-refractivity contribution in [3.05, 3.63) is 66.1 Å². The summed E-state index contributed by atoms with van der Waals surface area (Å²) in [5.74, 6) is 1.22. The molecule has 1 N–H and O–H groups in total. The van der Waals surface area contributed by atoms with Crippen LogP contribution in [0.25, 0.3) is 22.6 Å². The minimum Gasteiger partial charge on any atom is -0.494 e. The van der Waals surface area contributed by atoms with E-state index in [4.69, 9.17) is 13.7 Å². The van der Waals surface area contributed by atoms with Gasteiger partial charge in [-0.25, -0.2) is 4.98 Å². The molecule has 0 fully saturated rings. The fourth-order valence-corrected chi connectivity index (χ4v) is 3.06. The van der Waals surface area contributed by atoms with Gasteiger partial charge in [-0.05, 0) is 50.1 Å². The number of aromatic nitrogens is 2. The zero-order valence-corrected chi connectivity index (χ0v) is 16.1. The van der Waals surface area contributed by atoms with Gasteiger partial charge in [0.1, 0.15) is 11.4 Å². The highest BCUT2D eigenvalue weighted by molar-refractivity contribution is 6.06. The number of aryl methyl sites for hydroxylation is 1. The van der Waals surface area contributed by atoms with Crippen molar-refractivity contribution in [3.8, 4) is 17.2 Å². The summed E-state index contributed by atoms with van der Waals surface area (Å²) in [5, 5.41) is 7.52. The second-order valence-electron chi connectivity index (χ2n) is 6.61. The maximum atomic E-state index is 12.8. The van der Waals surface area contributed by atoms with Crippen molar-refractivity contribution in [2.24, 2.45) is 0 Å². The van der Waals surface area contributed by atoms with E-state index in [2.05, 4.69) is 15.5 Å². The van der Waals surface area contributed by atoms with Crippen LogP contribution in [0.4, 0.5) is 0 Å². The van der Waals surface area contributed by atoms with Crippen LogP contribution in [0.2, 0.25) is 0 Å². The van der Waals surface area contributed by atoms with E-state index in [1.165, 1.54) is 0 Å². The van der Waals surface area contributed by atoms with Crippen LogP contribution < -0.4 is 10.1 Å². The summed E-state index contributed by atoms with van der Waals surface area (Å²) in [5.41, 5.74) is 1.94. The zero-order valence-electron chi connectivity index (χ0n) is 16.1. The molecule has 1 amide bonds. The molecule has 148 valence electrons. The second kappa shape index (κ2) is 8.60. The number of furan rings is 1. The first kappa shape index (κ1) is 18.7. The van der Waals surface area contributed by atoms with Crippen molar-refractivity contribution < 1.29 is 18.5 Å². The summed E-state index contributed by atoms with van der Waals surface area (Å²) in [6.45, 7) is 2.94. The number of benzene rings is 1. The van der Waals surface area contributed by atoms with Gasteiger partial charge in [-0.1, -0.05) is 23.4 Å². The summed E-state index contributed by atoms with van der Waals surface area (Å²) in [7, 11) is 0. The van der Waals surface area contributed by atoms with Crippen LogP contribution in [-0.4, -0.2) is 29.2 Å². The Morgan fingerprint density at radius 2 is 2.00 bits per heavy atom. The third-order valence-corrected chi connectivity index (χ3v) is 4.50. The molecule has 0 aliphatic rings. The molecular formula is C22H21N3O4. The topological polar surface area (TPSA) is 90.4 Å². The number of ether oxygens (including phenoxy) is 1. The molecule has 0 saturated heterocycles. The predicted octanol–water partition coefficient (Wildman–Crippen LogP) is 4.38. The van der Waals surface area contributed by atoms with Crippen LogP contribution in [0.5, 0.6) is 5.75 Å². The molecule has 0 bridgehead atoms. The molecule has 7 heteroatoms. The lowest BCUT2D eigenvalue weighted by Gasteiger charge is -2.08. The average Bonchev–Trinajstić information content (AvgIpc) is 3.41. The molecule has 7 nitrogen and oxygen atoms in total. The summed E-state index contributed by atoms with van der Waals surface area (Å²) in [6, 6.07) is 14.9. The lowest BCUT2D eigenvalue weighted by atomic mass is 10.1. The normalized spacial score (nSPS) is 10.9. The van der Waals surface area contributed by atoms with E-state index in [9.17, 15) is 4.79 Å². The average molecular weight is 391 g/mol. The first-order valence-electron chi connectivity index (χ1n) is 9.49. The molecular weight excluding hydrogens is 370 g/mol. The summed E-state index contributed by atoms with van der Waals surface area (Å²) < 4.78 is 16.3. The Kier molecular flexibility index (Phi) is 5.56. The Morgan fingerprint density at radius 3 is 2.79 bits per heavy atom. The highest BCUT2D eigenvalue weighted by atomic mass is 16.5. The van der Waals surface area contributed by atoms with E-state index in [0.29, 0.717) is 47.0 Å². The molecule has 4 aromatic rings. The number of para-hydroxylation sites is 1. The number of nitrogens with one attached hydrogen (secondary N) is 1. The molecule has 4 rings (SSSR count). The van der Waals surface area contributed by atoms with Gasteiger partial charge in [0.2, 0.25) is 0 Å². The minimum absolute atomic E-state index is 0.194. The minimum atomic E-state index is -0.194. The molecule has 0 aliphatic carbocycles. The van der Waals surface area contributed by atoms with E-state index in [0.717, 1.165) is 18.6 Å². The summed E-state index contributed by atoms with van der Waals surface area (Å²) in [4.78, 5) is 17.2. The number of rotatable bonds is 8. The third kappa shape index (κ3) is 4.29. The SMILES string of the molecule is Cc1noc2nc(-c3ccco3)cc(C(=O)NCCCCOc3ccccc3)c12. The van der Waals surface area contributed by atoms with Crippen LogP contribution in [0.1, 0.15) is 28.9 Å². The van der Waals surface area contributed by atoms with Gasteiger partial charge in [0.05, 0.1) is 29.5 Å². The lowest BCUT2D eigenvalue weighted by molar-refractivity contribution is 0.0954. The molecule has 0 atom stereocenters. The van der Waals surface area contributed by atoms with Crippen molar-refractivity contribution in [2.75, 3.05) is 13.2 Å². The fraction of sp³-hybridized carbons (Fsp3) is 0.227.